The summed E-state index contributed by atoms with van der Waals surface area (Å²) in [4.78, 5) is 6.50. The third kappa shape index (κ3) is 3.81. The van der Waals surface area contributed by atoms with Crippen LogP contribution in [0.15, 0.2) is 23.6 Å². The summed E-state index contributed by atoms with van der Waals surface area (Å²) in [5, 5.41) is 3.92. The highest BCUT2D eigenvalue weighted by Crippen LogP contribution is 2.06. The van der Waals surface area contributed by atoms with Gasteiger partial charge in [0.25, 0.3) is 0 Å². The van der Waals surface area contributed by atoms with E-state index in [0.717, 1.165) is 5.56 Å². The van der Waals surface area contributed by atoms with Gasteiger partial charge in [-0.3, -0.25) is 4.98 Å². The number of nitrogens with zero attached hydrogens (tertiary/aromatic N) is 4. The van der Waals surface area contributed by atoms with Crippen LogP contribution in [-0.2, 0) is 0 Å². The molecule has 0 saturated heterocycles. The maximum atomic E-state index is 8.00. The highest BCUT2D eigenvalue weighted by molar-refractivity contribution is 6.30. The van der Waals surface area contributed by atoms with Crippen LogP contribution in [0.2, 0.25) is 5.02 Å². The summed E-state index contributed by atoms with van der Waals surface area (Å²) in [5.74, 6) is 5.71. The van der Waals surface area contributed by atoms with Gasteiger partial charge in [0.05, 0.1) is 5.02 Å². The van der Waals surface area contributed by atoms with Crippen LogP contribution < -0.4 is 0 Å². The van der Waals surface area contributed by atoms with Crippen LogP contribution in [0.25, 0.3) is 10.4 Å². The molecule has 1 rings (SSSR count). The lowest BCUT2D eigenvalue weighted by Gasteiger charge is -1.89. The normalized spacial score (nSPS) is 8.36. The van der Waals surface area contributed by atoms with Crippen molar-refractivity contribution in [3.8, 4) is 11.8 Å². The second-order valence-electron chi connectivity index (χ2n) is 2.40. The highest BCUT2D eigenvalue weighted by atomic mass is 35.5. The summed E-state index contributed by atoms with van der Waals surface area (Å²) in [7, 11) is 0. The molecule has 0 saturated carbocycles. The zero-order valence-corrected chi connectivity index (χ0v) is 8.07. The first-order valence-electron chi connectivity index (χ1n) is 3.93. The Bertz CT molecular complexity index is 412. The zero-order valence-electron chi connectivity index (χ0n) is 7.31. The van der Waals surface area contributed by atoms with Crippen LogP contribution in [0.5, 0.6) is 0 Å². The molecule has 0 N–H and O–H groups in total. The Morgan fingerprint density at radius 2 is 2.43 bits per heavy atom. The molecule has 5 heteroatoms. The smallest absolute Gasteiger partial charge is 0.0601 e. The lowest BCUT2D eigenvalue weighted by atomic mass is 10.3. The molecule has 0 spiro atoms. The van der Waals surface area contributed by atoms with Crippen molar-refractivity contribution in [2.75, 3.05) is 6.54 Å². The van der Waals surface area contributed by atoms with Crippen molar-refractivity contribution in [3.05, 3.63) is 39.5 Å². The zero-order chi connectivity index (χ0) is 10.2. The lowest BCUT2D eigenvalue weighted by Crippen LogP contribution is -1.78. The predicted octanol–water partition coefficient (Wildman–Crippen LogP) is 2.79. The molecular weight excluding hydrogens is 200 g/mol. The number of aromatic nitrogens is 1. The monoisotopic (exact) mass is 206 g/mol. The minimum Gasteiger partial charge on any atom is -0.262 e. The molecule has 0 aliphatic heterocycles. The van der Waals surface area contributed by atoms with Crippen LogP contribution in [0.4, 0.5) is 0 Å². The van der Waals surface area contributed by atoms with Crippen molar-refractivity contribution in [1.82, 2.24) is 4.98 Å². The van der Waals surface area contributed by atoms with Crippen molar-refractivity contribution in [1.29, 1.82) is 0 Å². The van der Waals surface area contributed by atoms with E-state index in [2.05, 4.69) is 26.9 Å². The molecule has 70 valence electrons. The largest absolute Gasteiger partial charge is 0.262 e. The van der Waals surface area contributed by atoms with Gasteiger partial charge in [0, 0.05) is 35.8 Å². The van der Waals surface area contributed by atoms with Crippen molar-refractivity contribution in [2.24, 2.45) is 5.11 Å². The van der Waals surface area contributed by atoms with E-state index in [1.165, 1.54) is 0 Å². The van der Waals surface area contributed by atoms with E-state index in [1.54, 1.807) is 18.5 Å². The van der Waals surface area contributed by atoms with Crippen molar-refractivity contribution in [2.45, 2.75) is 6.42 Å². The van der Waals surface area contributed by atoms with E-state index in [-0.39, 0.29) is 0 Å². The second kappa shape index (κ2) is 5.87. The average molecular weight is 207 g/mol. The van der Waals surface area contributed by atoms with Gasteiger partial charge in [0.2, 0.25) is 0 Å². The first-order chi connectivity index (χ1) is 6.83. The summed E-state index contributed by atoms with van der Waals surface area (Å²) in [6, 6.07) is 1.73. The maximum Gasteiger partial charge on any atom is 0.0601 e. The lowest BCUT2D eigenvalue weighted by molar-refractivity contribution is 1.01. The Kier molecular flexibility index (Phi) is 4.36. The van der Waals surface area contributed by atoms with Crippen LogP contribution in [0, 0.1) is 11.8 Å². The van der Waals surface area contributed by atoms with Crippen LogP contribution in [0.3, 0.4) is 0 Å². The molecule has 4 nitrogen and oxygen atoms in total. The van der Waals surface area contributed by atoms with E-state index in [0.29, 0.717) is 18.0 Å². The predicted molar refractivity (Wildman–Crippen MR) is 54.8 cm³/mol. The van der Waals surface area contributed by atoms with Crippen molar-refractivity contribution < 1.29 is 0 Å². The molecule has 14 heavy (non-hydrogen) atoms. The van der Waals surface area contributed by atoms with Crippen LogP contribution >= 0.6 is 11.6 Å². The summed E-state index contributed by atoms with van der Waals surface area (Å²) in [5.41, 5.74) is 8.76. The van der Waals surface area contributed by atoms with E-state index in [4.69, 9.17) is 17.1 Å². The topological polar surface area (TPSA) is 61.7 Å². The molecule has 0 amide bonds. The van der Waals surface area contributed by atoms with Crippen LogP contribution in [-0.4, -0.2) is 11.5 Å². The Hall–Kier alpha value is -1.69. The standard InChI is InChI=1S/C9H7ClN4/c10-9-5-8(6-12-7-9)3-1-2-4-13-14-11/h5-7H,2,4H2. The summed E-state index contributed by atoms with van der Waals surface area (Å²) < 4.78 is 0. The fraction of sp³-hybridized carbons (Fsp3) is 0.222. The fourth-order valence-corrected chi connectivity index (χ4v) is 0.969. The third-order valence-corrected chi connectivity index (χ3v) is 1.54. The Balaban J connectivity index is 2.54. The SMILES string of the molecule is [N-]=[N+]=NCCC#Cc1cncc(Cl)c1. The van der Waals surface area contributed by atoms with E-state index >= 15 is 0 Å². The summed E-state index contributed by atoms with van der Waals surface area (Å²) >= 11 is 5.71. The molecule has 1 aromatic rings. The first-order valence-corrected chi connectivity index (χ1v) is 4.31. The van der Waals surface area contributed by atoms with Gasteiger partial charge < -0.3 is 0 Å². The average Bonchev–Trinajstić information content (AvgIpc) is 2.18. The second-order valence-corrected chi connectivity index (χ2v) is 2.83. The minimum atomic E-state index is 0.386. The third-order valence-electron chi connectivity index (χ3n) is 1.34. The molecule has 0 unspecified atom stereocenters. The molecule has 0 aromatic carbocycles. The number of halogens is 1. The number of rotatable bonds is 2. The number of pyridine rings is 1. The molecule has 0 aliphatic rings. The maximum absolute atomic E-state index is 8.00. The molecular formula is C9H7ClN4. The summed E-state index contributed by atoms with van der Waals surface area (Å²) in [6.45, 7) is 0.386. The summed E-state index contributed by atoms with van der Waals surface area (Å²) in [6.07, 6.45) is 3.72. The van der Waals surface area contributed by atoms with E-state index < -0.39 is 0 Å². The van der Waals surface area contributed by atoms with Gasteiger partial charge in [0.15, 0.2) is 0 Å². The highest BCUT2D eigenvalue weighted by Gasteiger charge is 1.88. The van der Waals surface area contributed by atoms with Gasteiger partial charge in [-0.15, -0.1) is 0 Å². The van der Waals surface area contributed by atoms with Crippen LogP contribution in [0.1, 0.15) is 12.0 Å². The Labute approximate surface area is 86.5 Å². The minimum absolute atomic E-state index is 0.386. The van der Waals surface area contributed by atoms with Gasteiger partial charge in [-0.1, -0.05) is 28.6 Å². The molecule has 0 bridgehead atoms. The quantitative estimate of drug-likeness (QED) is 0.241. The van der Waals surface area contributed by atoms with E-state index in [1.807, 2.05) is 0 Å². The number of hydrogen-bond donors (Lipinski definition) is 0. The molecule has 1 heterocycles. The first kappa shape index (κ1) is 10.4. The van der Waals surface area contributed by atoms with Gasteiger partial charge in [-0.25, -0.2) is 0 Å². The Morgan fingerprint density at radius 3 is 3.14 bits per heavy atom. The van der Waals surface area contributed by atoms with E-state index in [9.17, 15) is 0 Å². The molecule has 0 fully saturated rings. The van der Waals surface area contributed by atoms with Crippen molar-refractivity contribution in [3.63, 3.8) is 0 Å². The van der Waals surface area contributed by atoms with Gasteiger partial charge in [-0.05, 0) is 11.6 Å². The Morgan fingerprint density at radius 1 is 1.57 bits per heavy atom. The van der Waals surface area contributed by atoms with Gasteiger partial charge >= 0.3 is 0 Å². The van der Waals surface area contributed by atoms with Gasteiger partial charge in [0.1, 0.15) is 0 Å². The molecule has 0 radical (unpaired) electrons. The molecule has 0 aliphatic carbocycles. The number of hydrogen-bond acceptors (Lipinski definition) is 2. The number of azide groups is 1. The van der Waals surface area contributed by atoms with Crippen molar-refractivity contribution >= 4 is 11.6 Å². The fourth-order valence-electron chi connectivity index (χ4n) is 0.795. The molecule has 1 aromatic heterocycles. The van der Waals surface area contributed by atoms with Gasteiger partial charge in [-0.2, -0.15) is 0 Å². The molecule has 0 atom stereocenters.